The molecular weight excluding hydrogens is 698 g/mol. The molecule has 0 spiro atoms. The minimum atomic E-state index is -1.85. The summed E-state index contributed by atoms with van der Waals surface area (Å²) in [6.45, 7) is -1.36. The number of para-hydroxylation sites is 1. The van der Waals surface area contributed by atoms with Gasteiger partial charge in [-0.3, -0.25) is 14.6 Å². The number of halogens is 1. The van der Waals surface area contributed by atoms with Crippen LogP contribution in [-0.2, 0) is 26.5 Å². The summed E-state index contributed by atoms with van der Waals surface area (Å²) in [5, 5.41) is 52.2. The highest BCUT2D eigenvalue weighted by atomic mass is 35.5. The number of benzene rings is 2. The maximum atomic E-state index is 13.1. The topological polar surface area (TPSA) is 182 Å². The Balaban J connectivity index is 1.17. The second kappa shape index (κ2) is 18.0. The van der Waals surface area contributed by atoms with Gasteiger partial charge in [-0.1, -0.05) is 29.8 Å². The van der Waals surface area contributed by atoms with Crippen molar-refractivity contribution in [3.8, 4) is 16.9 Å². The standard InChI is InChI=1S/C37H46ClN3O9S/c1-39-33(45)20-41(19-30(43)35(47)36(48)31(44)21-42)34(46)7-4-16-51-25-10-11-29(38)23(17-25)22-49-37(13-14-37)28-18-40-15-12-26(28)27-5-2-3-6-32(27)50-24-8-9-24/h2-3,5-6,10-12,15,17-18,24,30-31,35-36,42-44,47-48H,4,7-9,13-14,16,19-22H2,1H3,(H,39,45). The molecule has 0 bridgehead atoms. The van der Waals surface area contributed by atoms with Gasteiger partial charge in [0, 0.05) is 53.5 Å². The van der Waals surface area contributed by atoms with Crippen LogP contribution >= 0.6 is 23.4 Å². The highest BCUT2D eigenvalue weighted by Crippen LogP contribution is 2.53. The van der Waals surface area contributed by atoms with Crippen molar-refractivity contribution >= 4 is 35.2 Å². The molecule has 2 saturated carbocycles. The summed E-state index contributed by atoms with van der Waals surface area (Å²) in [6.07, 6.45) is 1.27. The Kier molecular flexibility index (Phi) is 13.7. The van der Waals surface area contributed by atoms with E-state index in [1.54, 1.807) is 6.20 Å². The molecule has 12 nitrogen and oxygen atoms in total. The second-order valence-electron chi connectivity index (χ2n) is 13.0. The van der Waals surface area contributed by atoms with Crippen molar-refractivity contribution in [2.75, 3.05) is 32.5 Å². The van der Waals surface area contributed by atoms with Crippen LogP contribution in [0.4, 0.5) is 0 Å². The number of pyridine rings is 1. The summed E-state index contributed by atoms with van der Waals surface area (Å²) in [5.74, 6) is 0.521. The van der Waals surface area contributed by atoms with E-state index in [0.29, 0.717) is 23.8 Å². The lowest BCUT2D eigenvalue weighted by Gasteiger charge is -2.30. The molecule has 2 fully saturated rings. The number of hydrogen-bond donors (Lipinski definition) is 6. The van der Waals surface area contributed by atoms with E-state index < -0.39 is 55.0 Å². The van der Waals surface area contributed by atoms with Crippen molar-refractivity contribution in [2.24, 2.45) is 0 Å². The van der Waals surface area contributed by atoms with E-state index in [9.17, 15) is 30.0 Å². The molecule has 4 unspecified atom stereocenters. The number of nitrogens with zero attached hydrogens (tertiary/aromatic N) is 2. The normalized spacial score (nSPS) is 17.2. The minimum absolute atomic E-state index is 0.0585. The maximum Gasteiger partial charge on any atom is 0.239 e. The van der Waals surface area contributed by atoms with E-state index in [-0.39, 0.29) is 19.1 Å². The molecule has 14 heteroatoms. The molecule has 0 aliphatic heterocycles. The van der Waals surface area contributed by atoms with Crippen LogP contribution in [0.1, 0.15) is 49.7 Å². The molecule has 4 atom stereocenters. The van der Waals surface area contributed by atoms with Crippen molar-refractivity contribution in [1.82, 2.24) is 15.2 Å². The molecule has 2 amide bonds. The molecule has 51 heavy (non-hydrogen) atoms. The minimum Gasteiger partial charge on any atom is -0.490 e. The van der Waals surface area contributed by atoms with Crippen molar-refractivity contribution < 1.29 is 44.6 Å². The first-order valence-electron chi connectivity index (χ1n) is 17.1. The number of carbonyl (C=O) groups is 2. The number of rotatable bonds is 20. The number of aliphatic hydroxyl groups is 5. The van der Waals surface area contributed by atoms with Gasteiger partial charge in [-0.05, 0) is 79.3 Å². The lowest BCUT2D eigenvalue weighted by molar-refractivity contribution is -0.143. The Morgan fingerprint density at radius 2 is 1.80 bits per heavy atom. The fourth-order valence-corrected chi connectivity index (χ4v) is 6.78. The van der Waals surface area contributed by atoms with Gasteiger partial charge >= 0.3 is 0 Å². The van der Waals surface area contributed by atoms with Crippen LogP contribution in [0.25, 0.3) is 11.1 Å². The number of aromatic nitrogens is 1. The van der Waals surface area contributed by atoms with Gasteiger partial charge in [0.15, 0.2) is 0 Å². The highest BCUT2D eigenvalue weighted by Gasteiger charge is 2.48. The van der Waals surface area contributed by atoms with Gasteiger partial charge in [0.2, 0.25) is 11.8 Å². The van der Waals surface area contributed by atoms with Crippen LogP contribution in [0, 0.1) is 0 Å². The molecule has 2 aromatic carbocycles. The Morgan fingerprint density at radius 3 is 2.51 bits per heavy atom. The first-order chi connectivity index (χ1) is 24.5. The average molecular weight is 744 g/mol. The summed E-state index contributed by atoms with van der Waals surface area (Å²) in [4.78, 5) is 31.6. The summed E-state index contributed by atoms with van der Waals surface area (Å²) in [7, 11) is 1.41. The van der Waals surface area contributed by atoms with E-state index in [0.717, 1.165) is 63.5 Å². The summed E-state index contributed by atoms with van der Waals surface area (Å²) >= 11 is 8.15. The average Bonchev–Trinajstić information content (AvgIpc) is 4.10. The molecule has 2 aliphatic rings. The Hall–Kier alpha value is -3.27. The third-order valence-electron chi connectivity index (χ3n) is 9.04. The quantitative estimate of drug-likeness (QED) is 0.0740. The van der Waals surface area contributed by atoms with Crippen molar-refractivity contribution in [2.45, 2.75) is 86.1 Å². The molecule has 5 rings (SSSR count). The number of thioether (sulfide) groups is 1. The molecule has 0 radical (unpaired) electrons. The van der Waals surface area contributed by atoms with E-state index in [4.69, 9.17) is 26.2 Å². The first-order valence-corrected chi connectivity index (χ1v) is 18.5. The number of amides is 2. The zero-order valence-electron chi connectivity index (χ0n) is 28.5. The molecule has 6 N–H and O–H groups in total. The molecule has 276 valence electrons. The Bertz CT molecular complexity index is 1640. The number of ether oxygens (including phenoxy) is 2. The first kappa shape index (κ1) is 38.9. The van der Waals surface area contributed by atoms with Crippen LogP contribution in [0.3, 0.4) is 0 Å². The van der Waals surface area contributed by atoms with E-state index in [1.807, 2.05) is 48.7 Å². The molecule has 0 saturated heterocycles. The monoisotopic (exact) mass is 743 g/mol. The lowest BCUT2D eigenvalue weighted by Crippen LogP contribution is -2.52. The zero-order valence-corrected chi connectivity index (χ0v) is 30.1. The van der Waals surface area contributed by atoms with Crippen LogP contribution in [0.2, 0.25) is 5.02 Å². The van der Waals surface area contributed by atoms with Crippen LogP contribution in [-0.4, -0.2) is 110 Å². The van der Waals surface area contributed by atoms with E-state index >= 15 is 0 Å². The van der Waals surface area contributed by atoms with Crippen molar-refractivity contribution in [3.05, 3.63) is 77.1 Å². The zero-order chi connectivity index (χ0) is 36.5. The van der Waals surface area contributed by atoms with Gasteiger partial charge < -0.3 is 45.2 Å². The second-order valence-corrected chi connectivity index (χ2v) is 14.5. The summed E-state index contributed by atoms with van der Waals surface area (Å²) < 4.78 is 12.8. The molecule has 3 aromatic rings. The smallest absolute Gasteiger partial charge is 0.239 e. The van der Waals surface area contributed by atoms with Crippen LogP contribution in [0.5, 0.6) is 5.75 Å². The predicted octanol–water partition coefficient (Wildman–Crippen LogP) is 3.03. The maximum absolute atomic E-state index is 13.1. The fourth-order valence-electron chi connectivity index (χ4n) is 5.70. The SMILES string of the molecule is CNC(=O)CN(CC(O)C(O)C(O)C(O)CO)C(=O)CCCSc1ccc(Cl)c(COC2(c3cnccc3-c3ccccc3OC3CC3)CC2)c1. The molecule has 1 heterocycles. The molecular formula is C37H46ClN3O9S. The Morgan fingerprint density at radius 1 is 1.06 bits per heavy atom. The third-order valence-corrected chi connectivity index (χ3v) is 10.5. The predicted molar refractivity (Wildman–Crippen MR) is 192 cm³/mol. The van der Waals surface area contributed by atoms with Gasteiger partial charge in [-0.15, -0.1) is 11.8 Å². The summed E-state index contributed by atoms with van der Waals surface area (Å²) in [6, 6.07) is 15.8. The van der Waals surface area contributed by atoms with Gasteiger partial charge in [-0.2, -0.15) is 0 Å². The van der Waals surface area contributed by atoms with Gasteiger partial charge in [0.1, 0.15) is 30.2 Å². The van der Waals surface area contributed by atoms with E-state index in [2.05, 4.69) is 16.4 Å². The molecule has 2 aliphatic carbocycles. The third kappa shape index (κ3) is 10.4. The largest absolute Gasteiger partial charge is 0.490 e. The number of likely N-dealkylation sites (N-methyl/N-ethyl adjacent to an activating group) is 1. The van der Waals surface area contributed by atoms with Crippen molar-refractivity contribution in [1.29, 1.82) is 0 Å². The Labute approximate surface area is 306 Å². The number of hydrogen-bond acceptors (Lipinski definition) is 11. The van der Waals surface area contributed by atoms with Gasteiger partial charge in [-0.25, -0.2) is 0 Å². The highest BCUT2D eigenvalue weighted by molar-refractivity contribution is 7.99. The van der Waals surface area contributed by atoms with Crippen LogP contribution in [0.15, 0.2) is 65.8 Å². The number of aliphatic hydroxyl groups excluding tert-OH is 5. The van der Waals surface area contributed by atoms with E-state index in [1.165, 1.54) is 18.8 Å². The van der Waals surface area contributed by atoms with Crippen molar-refractivity contribution in [3.63, 3.8) is 0 Å². The number of nitrogens with one attached hydrogen (secondary N) is 1. The van der Waals surface area contributed by atoms with Crippen LogP contribution < -0.4 is 10.1 Å². The summed E-state index contributed by atoms with van der Waals surface area (Å²) in [5.41, 5.74) is 3.44. The van der Waals surface area contributed by atoms with Gasteiger partial charge in [0.25, 0.3) is 0 Å². The fraction of sp³-hybridized carbons (Fsp3) is 0.486. The number of carbonyl (C=O) groups excluding carboxylic acids is 2. The lowest BCUT2D eigenvalue weighted by atomic mass is 9.96. The van der Waals surface area contributed by atoms with Gasteiger partial charge in [0.05, 0.1) is 31.5 Å². The molecule has 1 aromatic heterocycles.